The second-order valence-corrected chi connectivity index (χ2v) is 7.23. The first-order valence-electron chi connectivity index (χ1n) is 8.41. The van der Waals surface area contributed by atoms with Crippen molar-refractivity contribution >= 4 is 35.4 Å². The molecule has 6 nitrogen and oxygen atoms in total. The minimum atomic E-state index is -0.745. The Bertz CT molecular complexity index is 653. The van der Waals surface area contributed by atoms with Gasteiger partial charge in [-0.15, -0.1) is 0 Å². The van der Waals surface area contributed by atoms with Crippen LogP contribution in [-0.2, 0) is 9.53 Å². The van der Waals surface area contributed by atoms with E-state index >= 15 is 0 Å². The van der Waals surface area contributed by atoms with Gasteiger partial charge < -0.3 is 14.4 Å². The fraction of sp³-hybridized carbons (Fsp3) is 0.556. The van der Waals surface area contributed by atoms with E-state index in [0.717, 1.165) is 18.8 Å². The molecule has 1 amide bonds. The number of hydrogen-bond acceptors (Lipinski definition) is 5. The van der Waals surface area contributed by atoms with E-state index < -0.39 is 17.8 Å². The van der Waals surface area contributed by atoms with Gasteiger partial charge in [-0.05, 0) is 40.7 Å². The predicted octanol–water partition coefficient (Wildman–Crippen LogP) is 3.89. The molecule has 2 rings (SSSR count). The molecular weight excluding hydrogens is 344 g/mol. The van der Waals surface area contributed by atoms with Crippen molar-refractivity contribution in [3.8, 4) is 5.75 Å². The van der Waals surface area contributed by atoms with Crippen LogP contribution in [-0.4, -0.2) is 43.7 Å². The van der Waals surface area contributed by atoms with E-state index in [0.29, 0.717) is 22.7 Å². The van der Waals surface area contributed by atoms with E-state index in [4.69, 9.17) is 21.1 Å². The summed E-state index contributed by atoms with van der Waals surface area (Å²) in [4.78, 5) is 27.3. The van der Waals surface area contributed by atoms with Crippen LogP contribution in [0.2, 0.25) is 5.02 Å². The van der Waals surface area contributed by atoms with Gasteiger partial charge in [0.2, 0.25) is 0 Å². The number of carbonyl (C=O) groups is 2. The molecule has 1 unspecified atom stereocenters. The fourth-order valence-corrected chi connectivity index (χ4v) is 2.96. The summed E-state index contributed by atoms with van der Waals surface area (Å²) in [6.07, 6.45) is -0.590. The van der Waals surface area contributed by atoms with Gasteiger partial charge in [-0.25, -0.2) is 4.79 Å². The van der Waals surface area contributed by atoms with Crippen molar-refractivity contribution in [3.05, 3.63) is 17.2 Å². The highest BCUT2D eigenvalue weighted by atomic mass is 35.5. The van der Waals surface area contributed by atoms with Crippen molar-refractivity contribution in [2.24, 2.45) is 0 Å². The average Bonchev–Trinajstić information content (AvgIpc) is 2.53. The molecule has 0 aliphatic carbocycles. The van der Waals surface area contributed by atoms with Gasteiger partial charge in [0.1, 0.15) is 11.4 Å². The van der Waals surface area contributed by atoms with E-state index in [-0.39, 0.29) is 6.54 Å². The molecule has 1 aromatic carbocycles. The number of hydrogen-bond donors (Lipinski definition) is 0. The highest BCUT2D eigenvalue weighted by Gasteiger charge is 2.33. The lowest BCUT2D eigenvalue weighted by Crippen LogP contribution is -2.46. The van der Waals surface area contributed by atoms with Crippen molar-refractivity contribution in [1.82, 2.24) is 0 Å². The lowest BCUT2D eigenvalue weighted by atomic mass is 10.1. The zero-order valence-corrected chi connectivity index (χ0v) is 16.1. The van der Waals surface area contributed by atoms with Gasteiger partial charge in [0, 0.05) is 19.2 Å². The first-order chi connectivity index (χ1) is 11.7. The van der Waals surface area contributed by atoms with Crippen LogP contribution in [0.25, 0.3) is 0 Å². The van der Waals surface area contributed by atoms with Gasteiger partial charge in [-0.3, -0.25) is 9.69 Å². The van der Waals surface area contributed by atoms with Crippen molar-refractivity contribution < 1.29 is 19.1 Å². The summed E-state index contributed by atoms with van der Waals surface area (Å²) in [7, 11) is 0. The van der Waals surface area contributed by atoms with Crippen LogP contribution in [0.5, 0.6) is 5.75 Å². The molecule has 1 aromatic rings. The number of halogens is 1. The molecule has 0 N–H and O–H groups in total. The van der Waals surface area contributed by atoms with Crippen molar-refractivity contribution in [2.75, 3.05) is 29.4 Å². The van der Waals surface area contributed by atoms with E-state index in [1.165, 1.54) is 4.90 Å². The quantitative estimate of drug-likeness (QED) is 0.754. The number of benzene rings is 1. The number of anilines is 2. The molecule has 0 bridgehead atoms. The summed E-state index contributed by atoms with van der Waals surface area (Å²) < 4.78 is 11.2. The Kier molecular flexibility index (Phi) is 5.83. The van der Waals surface area contributed by atoms with Crippen LogP contribution in [0.4, 0.5) is 16.2 Å². The monoisotopic (exact) mass is 368 g/mol. The summed E-state index contributed by atoms with van der Waals surface area (Å²) >= 11 is 6.44. The Morgan fingerprint density at radius 3 is 2.56 bits per heavy atom. The molecule has 1 aliphatic rings. The topological polar surface area (TPSA) is 59.1 Å². The van der Waals surface area contributed by atoms with Crippen LogP contribution in [0.15, 0.2) is 12.1 Å². The highest BCUT2D eigenvalue weighted by molar-refractivity contribution is 6.33. The number of carbonyl (C=O) groups excluding carboxylic acids is 2. The van der Waals surface area contributed by atoms with Crippen LogP contribution in [0.1, 0.15) is 34.6 Å². The summed E-state index contributed by atoms with van der Waals surface area (Å²) in [5, 5.41) is 0.518. The van der Waals surface area contributed by atoms with Gasteiger partial charge in [-0.1, -0.05) is 11.6 Å². The molecule has 0 saturated heterocycles. The summed E-state index contributed by atoms with van der Waals surface area (Å²) in [5.41, 5.74) is 0.673. The molecule has 1 atom stereocenters. The molecule has 0 aromatic heterocycles. The molecular formula is C18H25ClN2O4. The van der Waals surface area contributed by atoms with Gasteiger partial charge >= 0.3 is 6.09 Å². The predicted molar refractivity (Wildman–Crippen MR) is 99.1 cm³/mol. The fourth-order valence-electron chi connectivity index (χ4n) is 2.68. The first kappa shape index (κ1) is 19.4. The molecule has 0 spiro atoms. The van der Waals surface area contributed by atoms with Gasteiger partial charge in [-0.2, -0.15) is 0 Å². The van der Waals surface area contributed by atoms with Crippen molar-refractivity contribution in [3.63, 3.8) is 0 Å². The van der Waals surface area contributed by atoms with Gasteiger partial charge in [0.05, 0.1) is 22.9 Å². The maximum atomic E-state index is 12.6. The maximum Gasteiger partial charge on any atom is 0.415 e. The number of amides is 1. The Labute approximate surface area is 153 Å². The molecule has 0 saturated carbocycles. The third-order valence-electron chi connectivity index (χ3n) is 3.83. The zero-order chi connectivity index (χ0) is 18.8. The number of aldehydes is 1. The molecule has 7 heteroatoms. The Balaban J connectivity index is 2.46. The second-order valence-electron chi connectivity index (χ2n) is 6.83. The number of ether oxygens (including phenoxy) is 2. The van der Waals surface area contributed by atoms with E-state index in [2.05, 4.69) is 4.90 Å². The van der Waals surface area contributed by atoms with E-state index in [9.17, 15) is 9.59 Å². The number of rotatable bonds is 4. The maximum absolute atomic E-state index is 12.6. The van der Waals surface area contributed by atoms with Crippen LogP contribution in [0, 0.1) is 0 Å². The third-order valence-corrected chi connectivity index (χ3v) is 4.13. The van der Waals surface area contributed by atoms with Crippen molar-refractivity contribution in [2.45, 2.75) is 46.3 Å². The standard InChI is InChI=1S/C18H25ClN2O4/c1-6-20(7-2)14-9-16-15(8-13(14)19)21(10-12(11-22)24-16)17(23)25-18(3,4)5/h8-9,11-12H,6-7,10H2,1-5H3. The minimum absolute atomic E-state index is 0.0896. The number of nitrogens with zero attached hydrogens (tertiary/aromatic N) is 2. The smallest absolute Gasteiger partial charge is 0.415 e. The van der Waals surface area contributed by atoms with Gasteiger partial charge in [0.25, 0.3) is 0 Å². The largest absolute Gasteiger partial charge is 0.479 e. The minimum Gasteiger partial charge on any atom is -0.479 e. The van der Waals surface area contributed by atoms with Crippen LogP contribution >= 0.6 is 11.6 Å². The van der Waals surface area contributed by atoms with Crippen molar-refractivity contribution in [1.29, 1.82) is 0 Å². The lowest BCUT2D eigenvalue weighted by molar-refractivity contribution is -0.113. The Hall–Kier alpha value is -1.95. The van der Waals surface area contributed by atoms with Crippen LogP contribution in [0.3, 0.4) is 0 Å². The highest BCUT2D eigenvalue weighted by Crippen LogP contribution is 2.41. The molecule has 0 fully saturated rings. The molecule has 1 heterocycles. The molecule has 1 aliphatic heterocycles. The summed E-state index contributed by atoms with van der Waals surface area (Å²) in [6, 6.07) is 3.47. The zero-order valence-electron chi connectivity index (χ0n) is 15.3. The molecule has 0 radical (unpaired) electrons. The van der Waals surface area contributed by atoms with E-state index in [1.807, 2.05) is 13.8 Å². The summed E-state index contributed by atoms with van der Waals surface area (Å²) in [6.45, 7) is 11.1. The summed E-state index contributed by atoms with van der Waals surface area (Å²) in [5.74, 6) is 0.445. The third kappa shape index (κ3) is 4.37. The van der Waals surface area contributed by atoms with Crippen LogP contribution < -0.4 is 14.5 Å². The Morgan fingerprint density at radius 1 is 1.40 bits per heavy atom. The lowest BCUT2D eigenvalue weighted by Gasteiger charge is -2.35. The van der Waals surface area contributed by atoms with Gasteiger partial charge in [0.15, 0.2) is 12.4 Å². The van der Waals surface area contributed by atoms with E-state index in [1.54, 1.807) is 32.9 Å². The molecule has 25 heavy (non-hydrogen) atoms. The Morgan fingerprint density at radius 2 is 2.04 bits per heavy atom. The normalized spacial score (nSPS) is 16.7. The average molecular weight is 369 g/mol. The second kappa shape index (κ2) is 7.52. The molecule has 138 valence electrons. The number of fused-ring (bicyclic) bond motifs is 1. The first-order valence-corrected chi connectivity index (χ1v) is 8.78. The SMILES string of the molecule is CCN(CC)c1cc2c(cc1Cl)N(C(=O)OC(C)(C)C)CC(C=O)O2.